The van der Waals surface area contributed by atoms with Gasteiger partial charge in [0.25, 0.3) is 9.04 Å². The number of ether oxygens (including phenoxy) is 2. The molecule has 3 nitrogen and oxygen atoms in total. The lowest BCUT2D eigenvalue weighted by molar-refractivity contribution is 0.320. The van der Waals surface area contributed by atoms with Crippen LogP contribution in [0.15, 0.2) is 140 Å². The summed E-state index contributed by atoms with van der Waals surface area (Å²) < 4.78 is 19.4. The maximum atomic E-state index is 6.70. The molecule has 171 valence electrons. The molecule has 0 saturated heterocycles. The first-order valence-corrected chi connectivity index (χ1v) is 13.0. The number of benzene rings is 5. The van der Waals surface area contributed by atoms with Crippen molar-refractivity contribution in [3.05, 3.63) is 145 Å². The standard InChI is InChI=1S/C31H25O3Si/c1-4-14-25(15-5-1)24-32-35(30-22-12-10-20-28(30)33-26-16-6-2-7-17-26)31-23-13-11-21-29(31)34-27-18-8-3-9-19-27/h1-23H,24H2. The Morgan fingerprint density at radius 2 is 0.829 bits per heavy atom. The molecular weight excluding hydrogens is 448 g/mol. The van der Waals surface area contributed by atoms with E-state index in [1.165, 1.54) is 0 Å². The second-order valence-electron chi connectivity index (χ2n) is 7.93. The average Bonchev–Trinajstić information content (AvgIpc) is 2.92. The third-order valence-corrected chi connectivity index (χ3v) is 7.67. The summed E-state index contributed by atoms with van der Waals surface area (Å²) >= 11 is 0. The minimum Gasteiger partial charge on any atom is -0.457 e. The second-order valence-corrected chi connectivity index (χ2v) is 9.95. The van der Waals surface area contributed by atoms with E-state index in [9.17, 15) is 0 Å². The van der Waals surface area contributed by atoms with E-state index in [2.05, 4.69) is 24.3 Å². The molecule has 0 aliphatic carbocycles. The van der Waals surface area contributed by atoms with Gasteiger partial charge >= 0.3 is 0 Å². The van der Waals surface area contributed by atoms with Crippen LogP contribution in [0, 0.1) is 0 Å². The van der Waals surface area contributed by atoms with Crippen LogP contribution in [0.25, 0.3) is 0 Å². The van der Waals surface area contributed by atoms with Gasteiger partial charge in [0.15, 0.2) is 0 Å². The molecule has 0 fully saturated rings. The van der Waals surface area contributed by atoms with Gasteiger partial charge in [-0.05, 0) is 42.0 Å². The van der Waals surface area contributed by atoms with Gasteiger partial charge in [0, 0.05) is 10.4 Å². The van der Waals surface area contributed by atoms with Crippen LogP contribution in [0.3, 0.4) is 0 Å². The van der Waals surface area contributed by atoms with Crippen molar-refractivity contribution >= 4 is 19.4 Å². The van der Waals surface area contributed by atoms with Crippen molar-refractivity contribution in [2.24, 2.45) is 0 Å². The Morgan fingerprint density at radius 3 is 1.31 bits per heavy atom. The molecule has 0 amide bonds. The van der Waals surface area contributed by atoms with Gasteiger partial charge in [-0.15, -0.1) is 0 Å². The zero-order valence-corrected chi connectivity index (χ0v) is 20.2. The van der Waals surface area contributed by atoms with Gasteiger partial charge in [0.2, 0.25) is 0 Å². The van der Waals surface area contributed by atoms with Gasteiger partial charge in [-0.1, -0.05) is 103 Å². The van der Waals surface area contributed by atoms with Gasteiger partial charge < -0.3 is 13.9 Å². The lowest BCUT2D eigenvalue weighted by Gasteiger charge is -2.21. The first-order chi connectivity index (χ1) is 17.4. The maximum Gasteiger partial charge on any atom is 0.290 e. The number of hydrogen-bond donors (Lipinski definition) is 0. The van der Waals surface area contributed by atoms with Crippen LogP contribution in [0.5, 0.6) is 23.0 Å². The van der Waals surface area contributed by atoms with E-state index < -0.39 is 9.04 Å². The van der Waals surface area contributed by atoms with Crippen molar-refractivity contribution < 1.29 is 13.9 Å². The monoisotopic (exact) mass is 473 g/mol. The SMILES string of the molecule is c1ccc(CO[Si](c2ccccc2Oc2ccccc2)c2ccccc2Oc2ccccc2)cc1. The Bertz CT molecular complexity index is 1260. The summed E-state index contributed by atoms with van der Waals surface area (Å²) in [5.41, 5.74) is 1.12. The fraction of sp³-hybridized carbons (Fsp3) is 0.0323. The Labute approximate surface area is 207 Å². The van der Waals surface area contributed by atoms with Crippen LogP contribution in [-0.2, 0) is 11.0 Å². The number of para-hydroxylation sites is 4. The summed E-state index contributed by atoms with van der Waals surface area (Å²) in [6, 6.07) is 46.2. The van der Waals surface area contributed by atoms with Gasteiger partial charge in [-0.25, -0.2) is 0 Å². The van der Waals surface area contributed by atoms with E-state index in [1.807, 2.05) is 115 Å². The van der Waals surface area contributed by atoms with Crippen LogP contribution in [0.1, 0.15) is 5.56 Å². The number of rotatable bonds is 9. The van der Waals surface area contributed by atoms with Crippen LogP contribution in [-0.4, -0.2) is 9.04 Å². The van der Waals surface area contributed by atoms with E-state index in [0.717, 1.165) is 38.9 Å². The summed E-state index contributed by atoms with van der Waals surface area (Å²) in [5, 5.41) is 2.06. The van der Waals surface area contributed by atoms with Crippen LogP contribution < -0.4 is 19.8 Å². The quantitative estimate of drug-likeness (QED) is 0.226. The molecule has 0 aliphatic rings. The first-order valence-electron chi connectivity index (χ1n) is 11.5. The highest BCUT2D eigenvalue weighted by molar-refractivity contribution is 6.81. The molecule has 0 unspecified atom stereocenters. The lowest BCUT2D eigenvalue weighted by atomic mass is 10.2. The summed E-state index contributed by atoms with van der Waals surface area (Å²) in [4.78, 5) is 0. The highest BCUT2D eigenvalue weighted by atomic mass is 28.3. The maximum absolute atomic E-state index is 6.70. The highest BCUT2D eigenvalue weighted by Gasteiger charge is 2.27. The molecule has 1 radical (unpaired) electrons. The normalized spacial score (nSPS) is 10.8. The lowest BCUT2D eigenvalue weighted by Crippen LogP contribution is -2.46. The molecule has 0 bridgehead atoms. The van der Waals surface area contributed by atoms with Crippen LogP contribution in [0.4, 0.5) is 0 Å². The van der Waals surface area contributed by atoms with Gasteiger partial charge in [0.1, 0.15) is 23.0 Å². The fourth-order valence-corrected chi connectivity index (χ4v) is 5.87. The molecule has 5 aromatic rings. The van der Waals surface area contributed by atoms with Crippen molar-refractivity contribution in [2.75, 3.05) is 0 Å². The third kappa shape index (κ3) is 5.87. The summed E-state index contributed by atoms with van der Waals surface area (Å²) in [5.74, 6) is 3.15. The Hall–Kier alpha value is -4.12. The third-order valence-electron chi connectivity index (χ3n) is 5.43. The molecule has 0 N–H and O–H groups in total. The van der Waals surface area contributed by atoms with E-state index in [0.29, 0.717) is 6.61 Å². The highest BCUT2D eigenvalue weighted by Crippen LogP contribution is 2.23. The molecule has 5 aromatic carbocycles. The number of hydrogen-bond acceptors (Lipinski definition) is 3. The minimum absolute atomic E-state index is 0.495. The Balaban J connectivity index is 1.54. The molecule has 0 atom stereocenters. The van der Waals surface area contributed by atoms with Gasteiger partial charge in [0.05, 0.1) is 6.61 Å². The predicted octanol–water partition coefficient (Wildman–Crippen LogP) is 6.59. The van der Waals surface area contributed by atoms with E-state index in [1.54, 1.807) is 0 Å². The van der Waals surface area contributed by atoms with Crippen molar-refractivity contribution in [3.8, 4) is 23.0 Å². The van der Waals surface area contributed by atoms with Crippen molar-refractivity contribution in [2.45, 2.75) is 6.61 Å². The first kappa shape index (κ1) is 22.7. The molecule has 35 heavy (non-hydrogen) atoms. The van der Waals surface area contributed by atoms with Crippen LogP contribution >= 0.6 is 0 Å². The Morgan fingerprint density at radius 1 is 0.429 bits per heavy atom. The van der Waals surface area contributed by atoms with Crippen LogP contribution in [0.2, 0.25) is 0 Å². The molecule has 0 heterocycles. The largest absolute Gasteiger partial charge is 0.457 e. The van der Waals surface area contributed by atoms with Gasteiger partial charge in [-0.2, -0.15) is 0 Å². The molecule has 5 rings (SSSR count). The topological polar surface area (TPSA) is 27.7 Å². The van der Waals surface area contributed by atoms with Gasteiger partial charge in [-0.3, -0.25) is 0 Å². The smallest absolute Gasteiger partial charge is 0.290 e. The van der Waals surface area contributed by atoms with Crippen molar-refractivity contribution in [1.82, 2.24) is 0 Å². The van der Waals surface area contributed by atoms with Crippen molar-refractivity contribution in [1.29, 1.82) is 0 Å². The van der Waals surface area contributed by atoms with E-state index in [4.69, 9.17) is 13.9 Å². The fourth-order valence-electron chi connectivity index (χ4n) is 3.75. The summed E-state index contributed by atoms with van der Waals surface area (Å²) in [6.07, 6.45) is 0. The van der Waals surface area contributed by atoms with E-state index in [-0.39, 0.29) is 0 Å². The molecule has 0 aromatic heterocycles. The second kappa shape index (κ2) is 11.3. The Kier molecular flexibility index (Phi) is 7.34. The molecule has 0 aliphatic heterocycles. The molecule has 0 saturated carbocycles. The minimum atomic E-state index is -1.74. The summed E-state index contributed by atoms with van der Waals surface area (Å²) in [7, 11) is -1.74. The molecule has 4 heteroatoms. The zero-order chi connectivity index (χ0) is 23.7. The average molecular weight is 474 g/mol. The van der Waals surface area contributed by atoms with Crippen molar-refractivity contribution in [3.63, 3.8) is 0 Å². The molecule has 0 spiro atoms. The summed E-state index contributed by atoms with van der Waals surface area (Å²) in [6.45, 7) is 0.495. The molecular formula is C31H25O3Si. The van der Waals surface area contributed by atoms with E-state index >= 15 is 0 Å². The predicted molar refractivity (Wildman–Crippen MR) is 142 cm³/mol. The zero-order valence-electron chi connectivity index (χ0n) is 19.2.